The summed E-state index contributed by atoms with van der Waals surface area (Å²) < 4.78 is 0. The number of nitrogens with two attached hydrogens (primary N) is 1. The van der Waals surface area contributed by atoms with Crippen LogP contribution in [0.5, 0.6) is 0 Å². The second kappa shape index (κ2) is 9.55. The highest BCUT2D eigenvalue weighted by atomic mass is 16.2. The fourth-order valence-electron chi connectivity index (χ4n) is 3.73. The lowest BCUT2D eigenvalue weighted by Gasteiger charge is -2.34. The summed E-state index contributed by atoms with van der Waals surface area (Å²) in [7, 11) is 0. The van der Waals surface area contributed by atoms with Gasteiger partial charge in [-0.25, -0.2) is 4.79 Å². The molecule has 0 aliphatic carbocycles. The van der Waals surface area contributed by atoms with Crippen molar-refractivity contribution >= 4 is 22.7 Å². The third-order valence-corrected chi connectivity index (χ3v) is 5.38. The van der Waals surface area contributed by atoms with Gasteiger partial charge in [-0.2, -0.15) is 0 Å². The van der Waals surface area contributed by atoms with E-state index in [2.05, 4.69) is 59.6 Å². The average Bonchev–Trinajstić information content (AvgIpc) is 2.71. The Morgan fingerprint density at radius 3 is 2.54 bits per heavy atom. The minimum Gasteiger partial charge on any atom is -0.370 e. The Hall–Kier alpha value is -2.60. The number of amides is 3. The normalized spacial score (nSPS) is 16.1. The van der Waals surface area contributed by atoms with Crippen molar-refractivity contribution in [2.45, 2.75) is 19.8 Å². The van der Waals surface area contributed by atoms with Gasteiger partial charge in [0.05, 0.1) is 0 Å². The molecule has 0 unspecified atom stereocenters. The van der Waals surface area contributed by atoms with Gasteiger partial charge in [0.15, 0.2) is 0 Å². The number of urea groups is 1. The molecule has 150 valence electrons. The van der Waals surface area contributed by atoms with Gasteiger partial charge in [0.25, 0.3) is 0 Å². The SMILES string of the molecule is C[C@@H](CNC(=O)N1CCN(CCC(N)=O)CC1)Cc1cccc2ccccc12. The number of benzene rings is 2. The Kier molecular flexibility index (Phi) is 6.87. The number of piperazine rings is 1. The van der Waals surface area contributed by atoms with Crippen molar-refractivity contribution in [1.29, 1.82) is 0 Å². The number of nitrogens with zero attached hydrogens (tertiary/aromatic N) is 2. The molecule has 0 radical (unpaired) electrons. The minimum absolute atomic E-state index is 0.000629. The molecule has 3 amide bonds. The number of rotatable bonds is 7. The predicted octanol–water partition coefficient (Wildman–Crippen LogP) is 2.22. The van der Waals surface area contributed by atoms with E-state index in [1.807, 2.05) is 4.90 Å². The van der Waals surface area contributed by atoms with Crippen LogP contribution in [-0.4, -0.2) is 61.0 Å². The van der Waals surface area contributed by atoms with Crippen LogP contribution in [0.2, 0.25) is 0 Å². The molecule has 2 aromatic carbocycles. The molecule has 0 saturated carbocycles. The molecule has 28 heavy (non-hydrogen) atoms. The van der Waals surface area contributed by atoms with Crippen LogP contribution in [0.3, 0.4) is 0 Å². The summed E-state index contributed by atoms with van der Waals surface area (Å²) >= 11 is 0. The molecule has 1 fully saturated rings. The lowest BCUT2D eigenvalue weighted by atomic mass is 9.96. The average molecular weight is 383 g/mol. The maximum Gasteiger partial charge on any atom is 0.317 e. The quantitative estimate of drug-likeness (QED) is 0.771. The molecule has 1 atom stereocenters. The van der Waals surface area contributed by atoms with Gasteiger partial charge in [0, 0.05) is 45.7 Å². The van der Waals surface area contributed by atoms with Crippen LogP contribution < -0.4 is 11.1 Å². The van der Waals surface area contributed by atoms with Crippen molar-refractivity contribution in [3.63, 3.8) is 0 Å². The van der Waals surface area contributed by atoms with E-state index in [1.54, 1.807) is 0 Å². The summed E-state index contributed by atoms with van der Waals surface area (Å²) in [6.45, 7) is 6.43. The Labute approximate surface area is 166 Å². The minimum atomic E-state index is -0.277. The molecular weight excluding hydrogens is 352 g/mol. The Morgan fingerprint density at radius 1 is 1.07 bits per heavy atom. The van der Waals surface area contributed by atoms with Gasteiger partial charge >= 0.3 is 6.03 Å². The summed E-state index contributed by atoms with van der Waals surface area (Å²) in [5.74, 6) is 0.0759. The first-order valence-corrected chi connectivity index (χ1v) is 10.0. The van der Waals surface area contributed by atoms with Crippen LogP contribution in [-0.2, 0) is 11.2 Å². The molecule has 1 saturated heterocycles. The molecule has 0 aromatic heterocycles. The zero-order chi connectivity index (χ0) is 19.9. The molecule has 3 rings (SSSR count). The third-order valence-electron chi connectivity index (χ3n) is 5.38. The molecule has 3 N–H and O–H groups in total. The van der Waals surface area contributed by atoms with Crippen molar-refractivity contribution in [3.05, 3.63) is 48.0 Å². The van der Waals surface area contributed by atoms with Gasteiger partial charge in [0.1, 0.15) is 0 Å². The van der Waals surface area contributed by atoms with Crippen LogP contribution in [0.4, 0.5) is 4.79 Å². The maximum absolute atomic E-state index is 12.5. The summed E-state index contributed by atoms with van der Waals surface area (Å²) in [5.41, 5.74) is 6.52. The van der Waals surface area contributed by atoms with Gasteiger partial charge in [-0.1, -0.05) is 49.4 Å². The van der Waals surface area contributed by atoms with Crippen LogP contribution in [0.15, 0.2) is 42.5 Å². The smallest absolute Gasteiger partial charge is 0.317 e. The van der Waals surface area contributed by atoms with Crippen LogP contribution in [0.1, 0.15) is 18.9 Å². The Bertz CT molecular complexity index is 810. The van der Waals surface area contributed by atoms with Crippen LogP contribution in [0.25, 0.3) is 10.8 Å². The Balaban J connectivity index is 1.44. The molecule has 1 aliphatic rings. The summed E-state index contributed by atoms with van der Waals surface area (Å²) in [4.78, 5) is 27.4. The second-order valence-corrected chi connectivity index (χ2v) is 7.68. The number of carbonyl (C=O) groups is 2. The van der Waals surface area contributed by atoms with Crippen molar-refractivity contribution < 1.29 is 9.59 Å². The number of hydrogen-bond acceptors (Lipinski definition) is 3. The Morgan fingerprint density at radius 2 is 1.79 bits per heavy atom. The zero-order valence-corrected chi connectivity index (χ0v) is 16.6. The van der Waals surface area contributed by atoms with Crippen molar-refractivity contribution in [1.82, 2.24) is 15.1 Å². The number of nitrogens with one attached hydrogen (secondary N) is 1. The van der Waals surface area contributed by atoms with Gasteiger partial charge in [0.2, 0.25) is 5.91 Å². The van der Waals surface area contributed by atoms with Crippen LogP contribution >= 0.6 is 0 Å². The van der Waals surface area contributed by atoms with E-state index in [1.165, 1.54) is 16.3 Å². The van der Waals surface area contributed by atoms with E-state index in [0.29, 0.717) is 38.5 Å². The first-order chi connectivity index (χ1) is 13.5. The van der Waals surface area contributed by atoms with Gasteiger partial charge in [-0.05, 0) is 28.7 Å². The van der Waals surface area contributed by atoms with Gasteiger partial charge in [-0.3, -0.25) is 9.69 Å². The fourth-order valence-corrected chi connectivity index (χ4v) is 3.73. The van der Waals surface area contributed by atoms with Crippen molar-refractivity contribution in [2.24, 2.45) is 11.7 Å². The van der Waals surface area contributed by atoms with Gasteiger partial charge in [-0.15, -0.1) is 0 Å². The molecular formula is C22H30N4O2. The first kappa shape index (κ1) is 20.1. The van der Waals surface area contributed by atoms with E-state index in [4.69, 9.17) is 5.73 Å². The molecule has 0 spiro atoms. The highest BCUT2D eigenvalue weighted by Crippen LogP contribution is 2.21. The molecule has 6 heteroatoms. The highest BCUT2D eigenvalue weighted by molar-refractivity contribution is 5.85. The standard InChI is InChI=1S/C22H30N4O2/c1-17(15-19-7-4-6-18-5-2-3-8-20(18)19)16-24-22(28)26-13-11-25(12-14-26)10-9-21(23)27/h2-8,17H,9-16H2,1H3,(H2,23,27)(H,24,28)/t17-/m1/s1. The van der Waals surface area contributed by atoms with Crippen LogP contribution in [0, 0.1) is 5.92 Å². The van der Waals surface area contributed by atoms with E-state index in [-0.39, 0.29) is 11.9 Å². The first-order valence-electron chi connectivity index (χ1n) is 10.0. The molecule has 1 heterocycles. The lowest BCUT2D eigenvalue weighted by molar-refractivity contribution is -0.118. The second-order valence-electron chi connectivity index (χ2n) is 7.68. The molecule has 6 nitrogen and oxygen atoms in total. The molecule has 1 aliphatic heterocycles. The fraction of sp³-hybridized carbons (Fsp3) is 0.455. The molecule has 2 aromatic rings. The van der Waals surface area contributed by atoms with E-state index < -0.39 is 0 Å². The summed E-state index contributed by atoms with van der Waals surface area (Å²) in [6, 6.07) is 14.8. The number of hydrogen-bond donors (Lipinski definition) is 2. The van der Waals surface area contributed by atoms with E-state index >= 15 is 0 Å². The summed E-state index contributed by atoms with van der Waals surface area (Å²) in [5, 5.41) is 5.62. The van der Waals surface area contributed by atoms with E-state index in [9.17, 15) is 9.59 Å². The van der Waals surface area contributed by atoms with Crippen molar-refractivity contribution in [2.75, 3.05) is 39.3 Å². The van der Waals surface area contributed by atoms with Crippen molar-refractivity contribution in [3.8, 4) is 0 Å². The maximum atomic E-state index is 12.5. The monoisotopic (exact) mass is 382 g/mol. The zero-order valence-electron chi connectivity index (χ0n) is 16.6. The lowest BCUT2D eigenvalue weighted by Crippen LogP contribution is -2.52. The topological polar surface area (TPSA) is 78.7 Å². The highest BCUT2D eigenvalue weighted by Gasteiger charge is 2.21. The predicted molar refractivity (Wildman–Crippen MR) is 112 cm³/mol. The largest absolute Gasteiger partial charge is 0.370 e. The molecule has 0 bridgehead atoms. The number of fused-ring (bicyclic) bond motifs is 1. The third kappa shape index (κ3) is 5.45. The number of carbonyl (C=O) groups excluding carboxylic acids is 2. The number of primary amides is 1. The van der Waals surface area contributed by atoms with Gasteiger partial charge < -0.3 is 16.0 Å². The summed E-state index contributed by atoms with van der Waals surface area (Å²) in [6.07, 6.45) is 1.31. The van der Waals surface area contributed by atoms with E-state index in [0.717, 1.165) is 19.5 Å².